The van der Waals surface area contributed by atoms with Crippen molar-refractivity contribution in [3.05, 3.63) is 183 Å². The van der Waals surface area contributed by atoms with Gasteiger partial charge in [-0.1, -0.05) is 123 Å². The lowest BCUT2D eigenvalue weighted by atomic mass is 9.62. The van der Waals surface area contributed by atoms with Crippen molar-refractivity contribution < 1.29 is 39.5 Å². The maximum absolute atomic E-state index is 16.7. The summed E-state index contributed by atoms with van der Waals surface area (Å²) in [6.07, 6.45) is 11.3. The van der Waals surface area contributed by atoms with Crippen LogP contribution in [-0.2, 0) is 5.41 Å². The highest BCUT2D eigenvalue weighted by Crippen LogP contribution is 2.59. The lowest BCUT2D eigenvalue weighted by Gasteiger charge is -2.46. The lowest BCUT2D eigenvalue weighted by molar-refractivity contribution is 0.379. The van der Waals surface area contributed by atoms with Gasteiger partial charge < -0.3 is 4.90 Å². The second-order valence-corrected chi connectivity index (χ2v) is 16.0. The molecule has 0 atom stereocenters. The van der Waals surface area contributed by atoms with E-state index in [-0.39, 0.29) is 11.4 Å². The minimum atomic E-state index is -2.61. The molecular formula is C49H38F9N. The van der Waals surface area contributed by atoms with Crippen LogP contribution in [0, 0.1) is 52.4 Å². The maximum Gasteiger partial charge on any atom is 0.200 e. The quantitative estimate of drug-likeness (QED) is 0.0919. The summed E-state index contributed by atoms with van der Waals surface area (Å²) < 4.78 is 138. The first kappa shape index (κ1) is 39.0. The number of rotatable bonds is 6. The molecule has 2 saturated carbocycles. The molecule has 0 saturated heterocycles. The first-order valence-electron chi connectivity index (χ1n) is 20.1. The molecule has 6 aromatic carbocycles. The summed E-state index contributed by atoms with van der Waals surface area (Å²) in [5.74, 6) is -21.0. The largest absolute Gasteiger partial charge is 0.304 e. The van der Waals surface area contributed by atoms with E-state index in [1.807, 2.05) is 0 Å². The van der Waals surface area contributed by atoms with Crippen LogP contribution < -0.4 is 4.90 Å². The van der Waals surface area contributed by atoms with Crippen LogP contribution in [0.15, 0.2) is 97.1 Å². The Bertz CT molecular complexity index is 2400. The molecule has 0 N–H and O–H groups in total. The van der Waals surface area contributed by atoms with Gasteiger partial charge in [0.15, 0.2) is 46.5 Å². The molecule has 0 aromatic heterocycles. The Balaban J connectivity index is 1.28. The lowest BCUT2D eigenvalue weighted by Crippen LogP contribution is -2.38. The second-order valence-electron chi connectivity index (χ2n) is 16.0. The average Bonchev–Trinajstić information content (AvgIpc) is 3.29. The van der Waals surface area contributed by atoms with Gasteiger partial charge in [0, 0.05) is 0 Å². The molecule has 1 aliphatic heterocycles. The minimum absolute atomic E-state index is 0.138. The van der Waals surface area contributed by atoms with Crippen molar-refractivity contribution in [2.75, 3.05) is 4.90 Å². The van der Waals surface area contributed by atoms with Gasteiger partial charge in [0.1, 0.15) is 5.69 Å². The summed E-state index contributed by atoms with van der Waals surface area (Å²) in [5.41, 5.74) is -1.23. The van der Waals surface area contributed by atoms with Gasteiger partial charge in [-0.2, -0.15) is 0 Å². The zero-order valence-corrected chi connectivity index (χ0v) is 31.8. The minimum Gasteiger partial charge on any atom is -0.304 e. The monoisotopic (exact) mass is 811 g/mol. The molecule has 2 aliphatic carbocycles. The Morgan fingerprint density at radius 2 is 0.712 bits per heavy atom. The second kappa shape index (κ2) is 15.3. The molecule has 59 heavy (non-hydrogen) atoms. The third kappa shape index (κ3) is 6.07. The van der Waals surface area contributed by atoms with E-state index < -0.39 is 74.6 Å². The summed E-state index contributed by atoms with van der Waals surface area (Å²) in [6.45, 7) is 0. The van der Waals surface area contributed by atoms with Crippen molar-refractivity contribution in [2.45, 2.75) is 81.5 Å². The third-order valence-corrected chi connectivity index (χ3v) is 12.9. The molecular weight excluding hydrogens is 774 g/mol. The van der Waals surface area contributed by atoms with Crippen molar-refractivity contribution in [1.29, 1.82) is 0 Å². The molecule has 10 heteroatoms. The van der Waals surface area contributed by atoms with Crippen LogP contribution in [0.25, 0.3) is 11.1 Å². The predicted molar refractivity (Wildman–Crippen MR) is 210 cm³/mol. The van der Waals surface area contributed by atoms with Gasteiger partial charge >= 0.3 is 0 Å². The predicted octanol–water partition coefficient (Wildman–Crippen LogP) is 14.9. The molecule has 3 aliphatic rings. The average molecular weight is 812 g/mol. The summed E-state index contributed by atoms with van der Waals surface area (Å²) in [7, 11) is 0. The number of benzene rings is 6. The van der Waals surface area contributed by atoms with Gasteiger partial charge in [0.05, 0.1) is 27.9 Å². The summed E-state index contributed by atoms with van der Waals surface area (Å²) >= 11 is 0. The van der Waals surface area contributed by atoms with Crippen molar-refractivity contribution in [2.24, 2.45) is 0 Å². The Hall–Kier alpha value is -5.51. The van der Waals surface area contributed by atoms with E-state index in [9.17, 15) is 22.0 Å². The standard InChI is InChI=1S/C49H38F9N/c50-39-37(40(51)44(55)45(56)43(39)54)38-41(52)46(57)48(47(58)42(38)53)59-35-17-9-7-15-33(35)49(34-16-8-10-18-36(34)59,31-23-19-29(20-24-31)27-11-3-1-4-12-27)32-25-21-30(22-26-32)28-13-5-2-6-14-28/h7-10,15-28H,1-6,11-14H2. The Morgan fingerprint density at radius 1 is 0.373 bits per heavy atom. The fourth-order valence-electron chi connectivity index (χ4n) is 10.0. The third-order valence-electron chi connectivity index (χ3n) is 12.9. The molecule has 0 radical (unpaired) electrons. The number of hydrogen-bond donors (Lipinski definition) is 0. The van der Waals surface area contributed by atoms with Crippen molar-refractivity contribution >= 4 is 17.1 Å². The van der Waals surface area contributed by atoms with E-state index in [2.05, 4.69) is 48.5 Å². The van der Waals surface area contributed by atoms with Gasteiger partial charge in [0.25, 0.3) is 0 Å². The molecule has 2 fully saturated rings. The summed E-state index contributed by atoms with van der Waals surface area (Å²) in [6, 6.07) is 30.2. The van der Waals surface area contributed by atoms with Crippen LogP contribution in [-0.4, -0.2) is 0 Å². The molecule has 6 aromatic rings. The highest BCUT2D eigenvalue weighted by molar-refractivity contribution is 5.90. The van der Waals surface area contributed by atoms with Crippen molar-refractivity contribution in [3.8, 4) is 11.1 Å². The first-order valence-corrected chi connectivity index (χ1v) is 20.1. The Labute approximate surface area is 336 Å². The van der Waals surface area contributed by atoms with Gasteiger partial charge in [-0.25, -0.2) is 39.5 Å². The summed E-state index contributed by atoms with van der Waals surface area (Å²) in [5, 5.41) is 0. The molecule has 0 spiro atoms. The van der Waals surface area contributed by atoms with Crippen LogP contribution in [0.2, 0.25) is 0 Å². The summed E-state index contributed by atoms with van der Waals surface area (Å²) in [4.78, 5) is 1.01. The fraction of sp³-hybridized carbons (Fsp3) is 0.265. The van der Waals surface area contributed by atoms with Crippen molar-refractivity contribution in [1.82, 2.24) is 0 Å². The van der Waals surface area contributed by atoms with E-state index in [0.29, 0.717) is 23.0 Å². The molecule has 0 bridgehead atoms. The number of hydrogen-bond acceptors (Lipinski definition) is 1. The van der Waals surface area contributed by atoms with Gasteiger partial charge in [-0.15, -0.1) is 0 Å². The Kier molecular flexibility index (Phi) is 10.1. The number of halogens is 9. The highest BCUT2D eigenvalue weighted by atomic mass is 19.2. The van der Waals surface area contributed by atoms with Gasteiger partial charge in [-0.3, -0.25) is 0 Å². The van der Waals surface area contributed by atoms with Crippen LogP contribution in [0.3, 0.4) is 0 Å². The zero-order chi connectivity index (χ0) is 41.2. The topological polar surface area (TPSA) is 3.24 Å². The van der Waals surface area contributed by atoms with Gasteiger partial charge in [0.2, 0.25) is 5.82 Å². The zero-order valence-electron chi connectivity index (χ0n) is 31.8. The molecule has 0 amide bonds. The number of nitrogens with zero attached hydrogens (tertiary/aromatic N) is 1. The SMILES string of the molecule is Fc1c(F)c(F)c(-c2c(F)c(F)c(N3c4ccccc4C(c4ccc(C5CCCCC5)cc4)(c4ccc(C5CCCCC5)cc4)c4ccccc43)c(F)c2F)c(F)c1F. The van der Waals surface area contributed by atoms with Crippen LogP contribution >= 0.6 is 0 Å². The Morgan fingerprint density at radius 3 is 1.10 bits per heavy atom. The normalized spacial score (nSPS) is 16.9. The highest BCUT2D eigenvalue weighted by Gasteiger charge is 2.48. The molecule has 0 unspecified atom stereocenters. The van der Waals surface area contributed by atoms with E-state index in [1.54, 1.807) is 48.5 Å². The van der Waals surface area contributed by atoms with Crippen LogP contribution in [0.4, 0.5) is 56.6 Å². The van der Waals surface area contributed by atoms with Crippen molar-refractivity contribution in [3.63, 3.8) is 0 Å². The maximum atomic E-state index is 16.7. The molecule has 1 nitrogen and oxygen atoms in total. The smallest absolute Gasteiger partial charge is 0.200 e. The number of anilines is 3. The van der Waals surface area contributed by atoms with Gasteiger partial charge in [-0.05, 0) is 83.0 Å². The number of fused-ring (bicyclic) bond motifs is 2. The van der Waals surface area contributed by atoms with E-state index in [4.69, 9.17) is 0 Å². The van der Waals surface area contributed by atoms with E-state index >= 15 is 17.6 Å². The molecule has 302 valence electrons. The molecule has 9 rings (SSSR count). The fourth-order valence-corrected chi connectivity index (χ4v) is 10.0. The van der Waals surface area contributed by atoms with E-state index in [0.717, 1.165) is 67.4 Å². The first-order chi connectivity index (χ1) is 28.5. The number of para-hydroxylation sites is 2. The van der Waals surface area contributed by atoms with Crippen LogP contribution in [0.5, 0.6) is 0 Å². The van der Waals surface area contributed by atoms with E-state index in [1.165, 1.54) is 24.0 Å². The van der Waals surface area contributed by atoms with Crippen LogP contribution in [0.1, 0.15) is 109 Å². The molecule has 1 heterocycles.